The fraction of sp³-hybridized carbons (Fsp3) is 0.444. The van der Waals surface area contributed by atoms with E-state index in [1.165, 1.54) is 0 Å². The summed E-state index contributed by atoms with van der Waals surface area (Å²) in [4.78, 5) is 24.9. The summed E-state index contributed by atoms with van der Waals surface area (Å²) in [5, 5.41) is 0.569. The van der Waals surface area contributed by atoms with E-state index in [2.05, 4.69) is 22.6 Å². The number of ether oxygens (including phenoxy) is 2. The Morgan fingerprint density at radius 3 is 2.83 bits per heavy atom. The summed E-state index contributed by atoms with van der Waals surface area (Å²) in [6.45, 7) is 4.30. The highest BCUT2D eigenvalue weighted by Gasteiger charge is 2.20. The first-order chi connectivity index (χ1) is 11.6. The predicted molar refractivity (Wildman–Crippen MR) is 100 cm³/mol. The molecule has 1 aromatic carbocycles. The van der Waals surface area contributed by atoms with Gasteiger partial charge < -0.3 is 14.0 Å². The summed E-state index contributed by atoms with van der Waals surface area (Å²) in [5.41, 5.74) is 0.712. The predicted octanol–water partition coefficient (Wildman–Crippen LogP) is 3.21. The molecule has 0 aliphatic carbocycles. The molecule has 0 bridgehead atoms. The molecule has 24 heavy (non-hydrogen) atoms. The van der Waals surface area contributed by atoms with Gasteiger partial charge in [0, 0.05) is 34.9 Å². The van der Waals surface area contributed by atoms with Gasteiger partial charge in [-0.15, -0.1) is 0 Å². The first kappa shape index (κ1) is 17.4. The molecule has 1 saturated heterocycles. The average Bonchev–Trinajstić information content (AvgIpc) is 2.58. The van der Waals surface area contributed by atoms with Crippen LogP contribution < -0.4 is 5.43 Å². The molecule has 6 heteroatoms. The fourth-order valence-corrected chi connectivity index (χ4v) is 3.57. The van der Waals surface area contributed by atoms with Gasteiger partial charge in [-0.2, -0.15) is 0 Å². The van der Waals surface area contributed by atoms with E-state index < -0.39 is 5.97 Å². The molecule has 3 rings (SSSR count). The molecule has 0 radical (unpaired) electrons. The highest BCUT2D eigenvalue weighted by molar-refractivity contribution is 14.1. The maximum atomic E-state index is 12.7. The van der Waals surface area contributed by atoms with Crippen LogP contribution in [0.25, 0.3) is 10.9 Å². The zero-order valence-corrected chi connectivity index (χ0v) is 15.7. The standard InChI is InChI=1S/C18H20INO4/c1-2-24-18(22)15-11-20(10-12-5-7-23-8-6-12)16-4-3-13(19)9-14(16)17(15)21/h3-4,9,11-12H,2,5-8,10H2,1H3. The third-order valence-corrected chi connectivity index (χ3v) is 5.00. The number of hydrogen-bond donors (Lipinski definition) is 0. The topological polar surface area (TPSA) is 57.5 Å². The third-order valence-electron chi connectivity index (χ3n) is 4.33. The number of carbonyl (C=O) groups is 1. The summed E-state index contributed by atoms with van der Waals surface area (Å²) in [6.07, 6.45) is 3.64. The van der Waals surface area contributed by atoms with Crippen LogP contribution >= 0.6 is 22.6 Å². The number of esters is 1. The maximum Gasteiger partial charge on any atom is 0.343 e. The number of pyridine rings is 1. The minimum absolute atomic E-state index is 0.110. The number of rotatable bonds is 4. The molecule has 2 heterocycles. The molecule has 0 atom stereocenters. The molecule has 0 N–H and O–H groups in total. The Bertz CT molecular complexity index is 809. The lowest BCUT2D eigenvalue weighted by molar-refractivity contribution is 0.0521. The van der Waals surface area contributed by atoms with E-state index in [4.69, 9.17) is 9.47 Å². The summed E-state index contributed by atoms with van der Waals surface area (Å²) < 4.78 is 13.5. The zero-order chi connectivity index (χ0) is 17.1. The van der Waals surface area contributed by atoms with Crippen molar-refractivity contribution in [1.82, 2.24) is 4.57 Å². The van der Waals surface area contributed by atoms with Crippen molar-refractivity contribution in [3.63, 3.8) is 0 Å². The van der Waals surface area contributed by atoms with Crippen molar-refractivity contribution in [2.24, 2.45) is 5.92 Å². The second-order valence-electron chi connectivity index (χ2n) is 5.96. The van der Waals surface area contributed by atoms with Gasteiger partial charge in [-0.3, -0.25) is 4.79 Å². The van der Waals surface area contributed by atoms with Gasteiger partial charge >= 0.3 is 5.97 Å². The quantitative estimate of drug-likeness (QED) is 0.540. The van der Waals surface area contributed by atoms with Crippen LogP contribution in [0.4, 0.5) is 0 Å². The summed E-state index contributed by atoms with van der Waals surface area (Å²) >= 11 is 2.18. The minimum Gasteiger partial charge on any atom is -0.462 e. The molecular formula is C18H20INO4. The molecule has 0 unspecified atom stereocenters. The lowest BCUT2D eigenvalue weighted by Gasteiger charge is -2.24. The second-order valence-corrected chi connectivity index (χ2v) is 7.21. The van der Waals surface area contributed by atoms with Crippen molar-refractivity contribution in [2.45, 2.75) is 26.3 Å². The van der Waals surface area contributed by atoms with E-state index >= 15 is 0 Å². The second kappa shape index (κ2) is 7.65. The molecule has 1 fully saturated rings. The van der Waals surface area contributed by atoms with Crippen LogP contribution in [0, 0.1) is 9.49 Å². The molecule has 0 saturated carbocycles. The lowest BCUT2D eigenvalue weighted by Crippen LogP contribution is -2.25. The van der Waals surface area contributed by atoms with Crippen LogP contribution in [0.3, 0.4) is 0 Å². The maximum absolute atomic E-state index is 12.7. The van der Waals surface area contributed by atoms with Crippen molar-refractivity contribution < 1.29 is 14.3 Å². The molecule has 2 aromatic rings. The van der Waals surface area contributed by atoms with Crippen molar-refractivity contribution in [3.8, 4) is 0 Å². The van der Waals surface area contributed by atoms with Crippen LogP contribution in [0.1, 0.15) is 30.1 Å². The van der Waals surface area contributed by atoms with Gasteiger partial charge in [-0.1, -0.05) is 0 Å². The Labute approximate surface area is 154 Å². The number of halogens is 1. The van der Waals surface area contributed by atoms with Crippen molar-refractivity contribution in [1.29, 1.82) is 0 Å². The van der Waals surface area contributed by atoms with Gasteiger partial charge in [-0.25, -0.2) is 4.79 Å². The largest absolute Gasteiger partial charge is 0.462 e. The summed E-state index contributed by atoms with van der Waals surface area (Å²) in [5.74, 6) is -0.0669. The van der Waals surface area contributed by atoms with Gasteiger partial charge in [-0.05, 0) is 66.5 Å². The number of carbonyl (C=O) groups excluding carboxylic acids is 1. The zero-order valence-electron chi connectivity index (χ0n) is 13.6. The van der Waals surface area contributed by atoms with Gasteiger partial charge in [0.1, 0.15) is 5.56 Å². The molecule has 1 aliphatic rings. The van der Waals surface area contributed by atoms with Crippen molar-refractivity contribution in [3.05, 3.63) is 43.8 Å². The Hall–Kier alpha value is -1.41. The third kappa shape index (κ3) is 3.64. The highest BCUT2D eigenvalue weighted by atomic mass is 127. The molecule has 0 spiro atoms. The van der Waals surface area contributed by atoms with Crippen LogP contribution in [-0.2, 0) is 16.0 Å². The average molecular weight is 441 g/mol. The first-order valence-corrected chi connectivity index (χ1v) is 9.25. The van der Waals surface area contributed by atoms with Gasteiger partial charge in [0.25, 0.3) is 0 Å². The van der Waals surface area contributed by atoms with E-state index in [1.807, 2.05) is 22.8 Å². The SMILES string of the molecule is CCOC(=O)c1cn(CC2CCOCC2)c2ccc(I)cc2c1=O. The molecule has 1 aromatic heterocycles. The van der Waals surface area contributed by atoms with E-state index in [0.29, 0.717) is 11.3 Å². The number of fused-ring (bicyclic) bond motifs is 1. The van der Waals surface area contributed by atoms with Crippen LogP contribution in [0.2, 0.25) is 0 Å². The van der Waals surface area contributed by atoms with Crippen LogP contribution in [-0.4, -0.2) is 30.4 Å². The Morgan fingerprint density at radius 2 is 2.12 bits per heavy atom. The molecule has 128 valence electrons. The van der Waals surface area contributed by atoms with Crippen molar-refractivity contribution >= 4 is 39.5 Å². The monoisotopic (exact) mass is 441 g/mol. The Balaban J connectivity index is 2.09. The minimum atomic E-state index is -0.552. The van der Waals surface area contributed by atoms with Gasteiger partial charge in [0.15, 0.2) is 0 Å². The van der Waals surface area contributed by atoms with E-state index in [-0.39, 0.29) is 17.6 Å². The Kier molecular flexibility index (Phi) is 5.55. The lowest BCUT2D eigenvalue weighted by atomic mass is 9.99. The number of benzene rings is 1. The molecule has 1 aliphatic heterocycles. The van der Waals surface area contributed by atoms with E-state index in [9.17, 15) is 9.59 Å². The van der Waals surface area contributed by atoms with Gasteiger partial charge in [0.2, 0.25) is 5.43 Å². The van der Waals surface area contributed by atoms with Crippen LogP contribution in [0.5, 0.6) is 0 Å². The number of hydrogen-bond acceptors (Lipinski definition) is 4. The Morgan fingerprint density at radius 1 is 1.38 bits per heavy atom. The molecule has 5 nitrogen and oxygen atoms in total. The van der Waals surface area contributed by atoms with Crippen LogP contribution in [0.15, 0.2) is 29.2 Å². The summed E-state index contributed by atoms with van der Waals surface area (Å²) in [6, 6.07) is 5.76. The highest BCUT2D eigenvalue weighted by Crippen LogP contribution is 2.21. The molecular weight excluding hydrogens is 421 g/mol. The normalized spacial score (nSPS) is 15.6. The first-order valence-electron chi connectivity index (χ1n) is 8.17. The smallest absolute Gasteiger partial charge is 0.343 e. The van der Waals surface area contributed by atoms with E-state index in [0.717, 1.165) is 41.7 Å². The van der Waals surface area contributed by atoms with Gasteiger partial charge in [0.05, 0.1) is 12.1 Å². The summed E-state index contributed by atoms with van der Waals surface area (Å²) in [7, 11) is 0. The number of aromatic nitrogens is 1. The fourth-order valence-electron chi connectivity index (χ4n) is 3.08. The van der Waals surface area contributed by atoms with E-state index in [1.54, 1.807) is 13.1 Å². The van der Waals surface area contributed by atoms with Crippen molar-refractivity contribution in [2.75, 3.05) is 19.8 Å². The molecule has 0 amide bonds. The number of nitrogens with zero attached hydrogens (tertiary/aromatic N) is 1.